The molecule has 13 heavy (non-hydrogen) atoms. The first-order valence-corrected chi connectivity index (χ1v) is 2.65. The lowest BCUT2D eigenvalue weighted by Crippen LogP contribution is -2.21. The number of alkyl halides is 3. The molecule has 0 fully saturated rings. The number of hydrogen-bond donors (Lipinski definition) is 2. The average Bonchev–Trinajstić information content (AvgIpc) is 2.38. The largest absolute Gasteiger partial charge is 0.490 e. The number of rotatable bonds is 0. The van der Waals surface area contributed by atoms with Gasteiger partial charge in [-0.1, -0.05) is 5.10 Å². The molecule has 9 heteroatoms. The molecule has 74 valence electrons. The van der Waals surface area contributed by atoms with Crippen molar-refractivity contribution in [2.24, 2.45) is 0 Å². The molecule has 0 aliphatic carbocycles. The Morgan fingerprint density at radius 2 is 2.08 bits per heavy atom. The summed E-state index contributed by atoms with van der Waals surface area (Å²) in [7, 11) is 0. The maximum absolute atomic E-state index is 10.6. The van der Waals surface area contributed by atoms with E-state index in [-0.39, 0.29) is 6.01 Å². The number of nitrogens with zero attached hydrogens (tertiary/aromatic N) is 2. The average molecular weight is 199 g/mol. The summed E-state index contributed by atoms with van der Waals surface area (Å²) >= 11 is 0. The minimum Gasteiger partial charge on any atom is -0.475 e. The van der Waals surface area contributed by atoms with Gasteiger partial charge in [0.15, 0.2) is 0 Å². The second-order valence-electron chi connectivity index (χ2n) is 1.58. The van der Waals surface area contributed by atoms with Crippen LogP contribution < -0.4 is 5.73 Å². The van der Waals surface area contributed by atoms with E-state index in [1.54, 1.807) is 0 Å². The lowest BCUT2D eigenvalue weighted by Gasteiger charge is -1.93. The highest BCUT2D eigenvalue weighted by atomic mass is 19.4. The van der Waals surface area contributed by atoms with Crippen molar-refractivity contribution in [1.29, 1.82) is 0 Å². The number of carboxylic acid groups (broad SMARTS) is 1. The van der Waals surface area contributed by atoms with E-state index in [0.29, 0.717) is 0 Å². The highest BCUT2D eigenvalue weighted by Crippen LogP contribution is 2.13. The standard InChI is InChI=1S/C2HF3O2.C2H3N3O/c3-2(4,5)1(6)7;3-2-5-4-1-6-2/h(H,6,7);1H,(H2,3,5). The smallest absolute Gasteiger partial charge is 0.475 e. The van der Waals surface area contributed by atoms with Crippen LogP contribution in [-0.4, -0.2) is 27.4 Å². The van der Waals surface area contributed by atoms with E-state index < -0.39 is 12.1 Å². The number of hydrogen-bond acceptors (Lipinski definition) is 5. The molecular weight excluding hydrogens is 195 g/mol. The number of aromatic nitrogens is 2. The number of halogens is 3. The van der Waals surface area contributed by atoms with Gasteiger partial charge in [0.25, 0.3) is 0 Å². The van der Waals surface area contributed by atoms with Crippen molar-refractivity contribution >= 4 is 12.0 Å². The number of aliphatic carboxylic acids is 1. The molecule has 0 saturated carbocycles. The normalized spacial score (nSPS) is 10.1. The number of carboxylic acids is 1. The Kier molecular flexibility index (Phi) is 3.69. The summed E-state index contributed by atoms with van der Waals surface area (Å²) < 4.78 is 36.1. The fraction of sp³-hybridized carbons (Fsp3) is 0.250. The summed E-state index contributed by atoms with van der Waals surface area (Å²) in [6.07, 6.45) is -3.91. The maximum Gasteiger partial charge on any atom is 0.490 e. The van der Waals surface area contributed by atoms with Crippen LogP contribution in [0.5, 0.6) is 0 Å². The summed E-state index contributed by atoms with van der Waals surface area (Å²) in [5, 5.41) is 13.7. The quantitative estimate of drug-likeness (QED) is 0.622. The number of nitrogens with two attached hydrogens (primary N) is 1. The van der Waals surface area contributed by atoms with E-state index in [1.165, 1.54) is 6.39 Å². The Balaban J connectivity index is 0.000000223. The van der Waals surface area contributed by atoms with Crippen LogP contribution in [0.25, 0.3) is 0 Å². The van der Waals surface area contributed by atoms with E-state index >= 15 is 0 Å². The summed E-state index contributed by atoms with van der Waals surface area (Å²) in [5.74, 6) is -2.76. The van der Waals surface area contributed by atoms with Gasteiger partial charge in [-0.3, -0.25) is 0 Å². The van der Waals surface area contributed by atoms with Crippen LogP contribution in [-0.2, 0) is 4.79 Å². The van der Waals surface area contributed by atoms with Crippen molar-refractivity contribution < 1.29 is 27.5 Å². The lowest BCUT2D eigenvalue weighted by atomic mass is 10.7. The first-order chi connectivity index (χ1) is 5.84. The maximum atomic E-state index is 10.6. The molecule has 0 atom stereocenters. The Labute approximate surface area is 69.2 Å². The topological polar surface area (TPSA) is 102 Å². The van der Waals surface area contributed by atoms with Crippen molar-refractivity contribution in [3.8, 4) is 0 Å². The molecule has 6 nitrogen and oxygen atoms in total. The molecule has 1 aromatic heterocycles. The Hall–Kier alpha value is -1.80. The van der Waals surface area contributed by atoms with Crippen LogP contribution in [0, 0.1) is 0 Å². The van der Waals surface area contributed by atoms with E-state index in [2.05, 4.69) is 14.6 Å². The van der Waals surface area contributed by atoms with E-state index in [9.17, 15) is 13.2 Å². The van der Waals surface area contributed by atoms with Gasteiger partial charge in [0.2, 0.25) is 6.39 Å². The first kappa shape index (κ1) is 11.2. The fourth-order valence-corrected chi connectivity index (χ4v) is 0.182. The van der Waals surface area contributed by atoms with Crippen LogP contribution in [0.1, 0.15) is 0 Å². The number of nitrogen functional groups attached to an aromatic ring is 1. The SMILES string of the molecule is Nc1nnco1.O=C(O)C(F)(F)F. The van der Waals surface area contributed by atoms with Gasteiger partial charge in [-0.2, -0.15) is 13.2 Å². The molecule has 0 radical (unpaired) electrons. The second-order valence-corrected chi connectivity index (χ2v) is 1.58. The number of anilines is 1. The van der Waals surface area contributed by atoms with Crippen molar-refractivity contribution in [3.05, 3.63) is 6.39 Å². The summed E-state index contributed by atoms with van der Waals surface area (Å²) in [6.45, 7) is 0. The predicted molar refractivity (Wildman–Crippen MR) is 32.4 cm³/mol. The van der Waals surface area contributed by atoms with Gasteiger partial charge >= 0.3 is 18.2 Å². The number of carbonyl (C=O) groups is 1. The molecule has 3 N–H and O–H groups in total. The molecule has 1 heterocycles. The first-order valence-electron chi connectivity index (χ1n) is 2.65. The molecule has 0 spiro atoms. The van der Waals surface area contributed by atoms with Gasteiger partial charge in [0, 0.05) is 0 Å². The Bertz CT molecular complexity index is 257. The molecule has 0 unspecified atom stereocenters. The molecule has 0 aromatic carbocycles. The fourth-order valence-electron chi connectivity index (χ4n) is 0.182. The monoisotopic (exact) mass is 199 g/mol. The van der Waals surface area contributed by atoms with Gasteiger partial charge in [0.1, 0.15) is 0 Å². The summed E-state index contributed by atoms with van der Waals surface area (Å²) in [6, 6.07) is 0.106. The third-order valence-corrected chi connectivity index (χ3v) is 0.619. The van der Waals surface area contributed by atoms with E-state index in [0.717, 1.165) is 0 Å². The minimum atomic E-state index is -5.08. The van der Waals surface area contributed by atoms with Crippen molar-refractivity contribution in [2.75, 3.05) is 5.73 Å². The zero-order valence-corrected chi connectivity index (χ0v) is 5.95. The highest BCUT2D eigenvalue weighted by Gasteiger charge is 2.38. The Morgan fingerprint density at radius 1 is 1.62 bits per heavy atom. The van der Waals surface area contributed by atoms with Crippen LogP contribution >= 0.6 is 0 Å². The van der Waals surface area contributed by atoms with Gasteiger partial charge in [0.05, 0.1) is 0 Å². The van der Waals surface area contributed by atoms with Crippen LogP contribution in [0.3, 0.4) is 0 Å². The zero-order valence-electron chi connectivity index (χ0n) is 5.95. The second kappa shape index (κ2) is 4.28. The van der Waals surface area contributed by atoms with Gasteiger partial charge < -0.3 is 15.3 Å². The summed E-state index contributed by atoms with van der Waals surface area (Å²) in [5.41, 5.74) is 4.94. The molecule has 0 amide bonds. The highest BCUT2D eigenvalue weighted by molar-refractivity contribution is 5.73. The minimum absolute atomic E-state index is 0.106. The molecular formula is C4H4F3N3O3. The summed E-state index contributed by atoms with van der Waals surface area (Å²) in [4.78, 5) is 8.90. The van der Waals surface area contributed by atoms with Gasteiger partial charge in [-0.25, -0.2) is 4.79 Å². The molecule has 0 saturated heterocycles. The van der Waals surface area contributed by atoms with Gasteiger partial charge in [-0.05, 0) is 0 Å². The van der Waals surface area contributed by atoms with Crippen molar-refractivity contribution in [2.45, 2.75) is 6.18 Å². The lowest BCUT2D eigenvalue weighted by molar-refractivity contribution is -0.192. The zero-order chi connectivity index (χ0) is 10.5. The molecule has 1 rings (SSSR count). The van der Waals surface area contributed by atoms with Crippen LogP contribution in [0.4, 0.5) is 19.2 Å². The Morgan fingerprint density at radius 3 is 2.15 bits per heavy atom. The molecule has 0 bridgehead atoms. The van der Waals surface area contributed by atoms with Crippen molar-refractivity contribution in [3.63, 3.8) is 0 Å². The third-order valence-electron chi connectivity index (χ3n) is 0.619. The predicted octanol–water partition coefficient (Wildman–Crippen LogP) is 0.285. The van der Waals surface area contributed by atoms with E-state index in [1.807, 2.05) is 0 Å². The molecule has 0 aliphatic heterocycles. The van der Waals surface area contributed by atoms with Crippen LogP contribution in [0.2, 0.25) is 0 Å². The van der Waals surface area contributed by atoms with E-state index in [4.69, 9.17) is 15.6 Å². The molecule has 0 aliphatic rings. The van der Waals surface area contributed by atoms with Gasteiger partial charge in [-0.15, -0.1) is 5.10 Å². The van der Waals surface area contributed by atoms with Crippen LogP contribution in [0.15, 0.2) is 10.8 Å². The van der Waals surface area contributed by atoms with Crippen molar-refractivity contribution in [1.82, 2.24) is 10.2 Å². The third kappa shape index (κ3) is 5.47. The molecule has 1 aromatic rings.